The van der Waals surface area contributed by atoms with E-state index < -0.39 is 0 Å². The summed E-state index contributed by atoms with van der Waals surface area (Å²) in [4.78, 5) is 9.39. The maximum atomic E-state index is 5.50. The monoisotopic (exact) mass is 194 g/mol. The van der Waals surface area contributed by atoms with Gasteiger partial charge in [-0.2, -0.15) is 0 Å². The third-order valence-corrected chi connectivity index (χ3v) is 2.83. The van der Waals surface area contributed by atoms with E-state index in [9.17, 15) is 0 Å². The van der Waals surface area contributed by atoms with Gasteiger partial charge in [0.05, 0.1) is 18.2 Å². The summed E-state index contributed by atoms with van der Waals surface area (Å²) in [5.74, 6) is 0. The Hall–Kier alpha value is -1.20. The predicted octanol–water partition coefficient (Wildman–Crippen LogP) is 1.00. The minimum atomic E-state index is 0.551. The number of imidazole rings is 1. The fourth-order valence-corrected chi connectivity index (χ4v) is 1.93. The zero-order chi connectivity index (χ0) is 9.26. The van der Waals surface area contributed by atoms with E-state index >= 15 is 0 Å². The molecule has 4 nitrogen and oxygen atoms in total. The van der Waals surface area contributed by atoms with Crippen molar-refractivity contribution in [2.45, 2.75) is 6.54 Å². The number of thiazole rings is 1. The SMILES string of the molecule is Cn1cncc1-c1ncc(CN)s1. The summed E-state index contributed by atoms with van der Waals surface area (Å²) in [6, 6.07) is 0. The van der Waals surface area contributed by atoms with Gasteiger partial charge in [-0.05, 0) is 0 Å². The van der Waals surface area contributed by atoms with Crippen molar-refractivity contribution in [1.29, 1.82) is 0 Å². The molecule has 0 amide bonds. The summed E-state index contributed by atoms with van der Waals surface area (Å²) in [7, 11) is 1.95. The molecule has 2 heterocycles. The summed E-state index contributed by atoms with van der Waals surface area (Å²) in [5.41, 5.74) is 6.53. The number of nitrogens with two attached hydrogens (primary N) is 1. The van der Waals surface area contributed by atoms with E-state index in [4.69, 9.17) is 5.73 Å². The van der Waals surface area contributed by atoms with Crippen LogP contribution in [0.1, 0.15) is 4.88 Å². The molecule has 2 N–H and O–H groups in total. The van der Waals surface area contributed by atoms with Crippen LogP contribution in [0.3, 0.4) is 0 Å². The van der Waals surface area contributed by atoms with Gasteiger partial charge < -0.3 is 10.3 Å². The third kappa shape index (κ3) is 1.48. The number of aryl methyl sites for hydroxylation is 1. The van der Waals surface area contributed by atoms with Gasteiger partial charge in [0.15, 0.2) is 0 Å². The molecule has 0 fully saturated rings. The van der Waals surface area contributed by atoms with E-state index in [-0.39, 0.29) is 0 Å². The average molecular weight is 194 g/mol. The van der Waals surface area contributed by atoms with Crippen LogP contribution in [0.25, 0.3) is 10.7 Å². The Morgan fingerprint density at radius 3 is 2.92 bits per heavy atom. The van der Waals surface area contributed by atoms with Gasteiger partial charge in [-0.15, -0.1) is 11.3 Å². The first kappa shape index (κ1) is 8.40. The van der Waals surface area contributed by atoms with Gasteiger partial charge in [-0.3, -0.25) is 0 Å². The molecule has 0 bridgehead atoms. The van der Waals surface area contributed by atoms with Crippen LogP contribution in [0.4, 0.5) is 0 Å². The van der Waals surface area contributed by atoms with E-state index in [0.717, 1.165) is 15.6 Å². The van der Waals surface area contributed by atoms with Crippen molar-refractivity contribution in [3.05, 3.63) is 23.6 Å². The number of hydrogen-bond acceptors (Lipinski definition) is 4. The molecule has 0 aliphatic rings. The third-order valence-electron chi connectivity index (χ3n) is 1.79. The van der Waals surface area contributed by atoms with Crippen molar-refractivity contribution in [3.63, 3.8) is 0 Å². The van der Waals surface area contributed by atoms with Crippen LogP contribution in [0.5, 0.6) is 0 Å². The first-order valence-electron chi connectivity index (χ1n) is 3.92. The number of aromatic nitrogens is 3. The Kier molecular flexibility index (Phi) is 2.12. The summed E-state index contributed by atoms with van der Waals surface area (Å²) in [6.07, 6.45) is 5.38. The molecule has 0 aliphatic heterocycles. The zero-order valence-electron chi connectivity index (χ0n) is 7.27. The van der Waals surface area contributed by atoms with Gasteiger partial charge >= 0.3 is 0 Å². The van der Waals surface area contributed by atoms with Crippen molar-refractivity contribution < 1.29 is 0 Å². The lowest BCUT2D eigenvalue weighted by molar-refractivity contribution is 0.920. The fraction of sp³-hybridized carbons (Fsp3) is 0.250. The largest absolute Gasteiger partial charge is 0.332 e. The lowest BCUT2D eigenvalue weighted by Crippen LogP contribution is -1.91. The summed E-state index contributed by atoms with van der Waals surface area (Å²) in [6.45, 7) is 0.551. The summed E-state index contributed by atoms with van der Waals surface area (Å²) >= 11 is 1.61. The molecule has 0 aliphatic carbocycles. The zero-order valence-corrected chi connectivity index (χ0v) is 8.08. The predicted molar refractivity (Wildman–Crippen MR) is 52.2 cm³/mol. The fourth-order valence-electron chi connectivity index (χ4n) is 1.08. The highest BCUT2D eigenvalue weighted by Gasteiger charge is 2.06. The first-order chi connectivity index (χ1) is 6.31. The van der Waals surface area contributed by atoms with Crippen molar-refractivity contribution in [3.8, 4) is 10.7 Å². The smallest absolute Gasteiger partial charge is 0.141 e. The van der Waals surface area contributed by atoms with E-state index in [1.165, 1.54) is 0 Å². The molecule has 0 spiro atoms. The second kappa shape index (κ2) is 3.27. The molecule has 0 aromatic carbocycles. The molecule has 0 radical (unpaired) electrons. The maximum absolute atomic E-state index is 5.50. The molecule has 13 heavy (non-hydrogen) atoms. The second-order valence-electron chi connectivity index (χ2n) is 2.73. The number of nitrogens with zero attached hydrogens (tertiary/aromatic N) is 3. The van der Waals surface area contributed by atoms with Gasteiger partial charge in [0.25, 0.3) is 0 Å². The van der Waals surface area contributed by atoms with Gasteiger partial charge in [-0.25, -0.2) is 9.97 Å². The standard InChI is InChI=1S/C8H10N4S/c1-12-5-10-4-7(12)8-11-3-6(2-9)13-8/h3-5H,2,9H2,1H3. The van der Waals surface area contributed by atoms with Crippen LogP contribution in [0.15, 0.2) is 18.7 Å². The minimum Gasteiger partial charge on any atom is -0.332 e. The molecule has 68 valence electrons. The van der Waals surface area contributed by atoms with E-state index in [1.807, 2.05) is 17.8 Å². The quantitative estimate of drug-likeness (QED) is 0.776. The molecular formula is C8H10N4S. The Bertz CT molecular complexity index is 404. The Labute approximate surface area is 80.1 Å². The summed E-state index contributed by atoms with van der Waals surface area (Å²) < 4.78 is 1.94. The highest BCUT2D eigenvalue weighted by molar-refractivity contribution is 7.14. The lowest BCUT2D eigenvalue weighted by atomic mass is 10.5. The second-order valence-corrected chi connectivity index (χ2v) is 3.84. The Balaban J connectivity index is 2.41. The van der Waals surface area contributed by atoms with Crippen molar-refractivity contribution in [2.75, 3.05) is 0 Å². The molecule has 5 heteroatoms. The van der Waals surface area contributed by atoms with Gasteiger partial charge in [0.1, 0.15) is 5.01 Å². The summed E-state index contributed by atoms with van der Waals surface area (Å²) in [5, 5.41) is 0.973. The lowest BCUT2D eigenvalue weighted by Gasteiger charge is -1.94. The van der Waals surface area contributed by atoms with Crippen LogP contribution in [0, 0.1) is 0 Å². The molecule has 0 saturated heterocycles. The number of hydrogen-bond donors (Lipinski definition) is 1. The van der Waals surface area contributed by atoms with E-state index in [1.54, 1.807) is 23.9 Å². The van der Waals surface area contributed by atoms with Gasteiger partial charge in [0.2, 0.25) is 0 Å². The minimum absolute atomic E-state index is 0.551. The highest BCUT2D eigenvalue weighted by Crippen LogP contribution is 2.23. The highest BCUT2D eigenvalue weighted by atomic mass is 32.1. The Morgan fingerprint density at radius 1 is 1.54 bits per heavy atom. The van der Waals surface area contributed by atoms with Gasteiger partial charge in [-0.1, -0.05) is 0 Å². The van der Waals surface area contributed by atoms with Crippen molar-refractivity contribution >= 4 is 11.3 Å². The Morgan fingerprint density at radius 2 is 2.38 bits per heavy atom. The molecular weight excluding hydrogens is 184 g/mol. The maximum Gasteiger partial charge on any atom is 0.141 e. The topological polar surface area (TPSA) is 56.7 Å². The molecule has 0 saturated carbocycles. The molecule has 2 rings (SSSR count). The van der Waals surface area contributed by atoms with Crippen LogP contribution in [-0.4, -0.2) is 14.5 Å². The van der Waals surface area contributed by atoms with Gasteiger partial charge in [0, 0.05) is 24.7 Å². The average Bonchev–Trinajstić information content (AvgIpc) is 2.71. The van der Waals surface area contributed by atoms with Crippen LogP contribution in [-0.2, 0) is 13.6 Å². The van der Waals surface area contributed by atoms with Crippen LogP contribution >= 0.6 is 11.3 Å². The van der Waals surface area contributed by atoms with E-state index in [0.29, 0.717) is 6.54 Å². The van der Waals surface area contributed by atoms with Crippen LogP contribution < -0.4 is 5.73 Å². The van der Waals surface area contributed by atoms with Crippen molar-refractivity contribution in [1.82, 2.24) is 14.5 Å². The first-order valence-corrected chi connectivity index (χ1v) is 4.74. The molecule has 2 aromatic heterocycles. The molecule has 0 unspecified atom stereocenters. The molecule has 2 aromatic rings. The number of rotatable bonds is 2. The van der Waals surface area contributed by atoms with E-state index in [2.05, 4.69) is 9.97 Å². The molecule has 0 atom stereocenters. The van der Waals surface area contributed by atoms with Crippen molar-refractivity contribution in [2.24, 2.45) is 12.8 Å². The normalized spacial score (nSPS) is 10.6. The van der Waals surface area contributed by atoms with Crippen LogP contribution in [0.2, 0.25) is 0 Å².